The molecule has 0 spiro atoms. The molecule has 0 unspecified atom stereocenters. The van der Waals surface area contributed by atoms with E-state index in [0.29, 0.717) is 17.7 Å². The molecule has 1 aliphatic rings. The number of carbonyl (C=O) groups excluding carboxylic acids is 1. The summed E-state index contributed by atoms with van der Waals surface area (Å²) in [6.45, 7) is 3.59. The SMILES string of the molecule is CNC(=O)/C(C#N)=C/c1c(C)nn([C@H]2CCS(=O)(=O)C2)c1C. The molecule has 1 aliphatic heterocycles. The Hall–Kier alpha value is -2.14. The molecule has 1 aromatic heterocycles. The Morgan fingerprint density at radius 2 is 2.18 bits per heavy atom. The molecule has 1 amide bonds. The lowest BCUT2D eigenvalue weighted by Crippen LogP contribution is -2.19. The highest BCUT2D eigenvalue weighted by atomic mass is 32.2. The number of aryl methyl sites for hydroxylation is 1. The van der Waals surface area contributed by atoms with Gasteiger partial charge in [0.05, 0.1) is 23.2 Å². The minimum Gasteiger partial charge on any atom is -0.354 e. The maximum atomic E-state index is 11.6. The van der Waals surface area contributed by atoms with Crippen molar-refractivity contribution < 1.29 is 13.2 Å². The fourth-order valence-electron chi connectivity index (χ4n) is 2.64. The van der Waals surface area contributed by atoms with Gasteiger partial charge in [0, 0.05) is 18.3 Å². The number of nitrogens with one attached hydrogen (secondary N) is 1. The zero-order chi connectivity index (χ0) is 16.5. The van der Waals surface area contributed by atoms with E-state index < -0.39 is 15.7 Å². The summed E-state index contributed by atoms with van der Waals surface area (Å²) in [5.41, 5.74) is 2.10. The number of likely N-dealkylation sites (N-methyl/N-ethyl adjacent to an activating group) is 1. The largest absolute Gasteiger partial charge is 0.354 e. The van der Waals surface area contributed by atoms with Crippen LogP contribution in [0.3, 0.4) is 0 Å². The quantitative estimate of drug-likeness (QED) is 0.645. The molecule has 0 saturated carbocycles. The summed E-state index contributed by atoms with van der Waals surface area (Å²) in [5, 5.41) is 15.9. The van der Waals surface area contributed by atoms with E-state index in [2.05, 4.69) is 10.4 Å². The molecule has 0 aromatic carbocycles. The zero-order valence-corrected chi connectivity index (χ0v) is 13.6. The van der Waals surface area contributed by atoms with Crippen LogP contribution in [0.4, 0.5) is 0 Å². The minimum atomic E-state index is -3.00. The Kier molecular flexibility index (Phi) is 4.37. The van der Waals surface area contributed by atoms with Crippen LogP contribution in [0.25, 0.3) is 6.08 Å². The van der Waals surface area contributed by atoms with Crippen molar-refractivity contribution in [2.24, 2.45) is 0 Å². The molecule has 1 aromatic rings. The summed E-state index contributed by atoms with van der Waals surface area (Å²) in [6, 6.07) is 1.68. The van der Waals surface area contributed by atoms with Gasteiger partial charge in [-0.1, -0.05) is 0 Å². The van der Waals surface area contributed by atoms with Crippen LogP contribution in [0.1, 0.15) is 29.4 Å². The third-order valence-corrected chi connectivity index (χ3v) is 5.57. The molecule has 1 N–H and O–H groups in total. The highest BCUT2D eigenvalue weighted by molar-refractivity contribution is 7.91. The molecule has 8 heteroatoms. The number of aromatic nitrogens is 2. The molecule has 2 heterocycles. The van der Waals surface area contributed by atoms with Gasteiger partial charge in [-0.15, -0.1) is 0 Å². The van der Waals surface area contributed by atoms with Crippen LogP contribution in [0, 0.1) is 25.2 Å². The van der Waals surface area contributed by atoms with Gasteiger partial charge in [0.2, 0.25) is 0 Å². The van der Waals surface area contributed by atoms with E-state index in [1.807, 2.05) is 13.0 Å². The summed E-state index contributed by atoms with van der Waals surface area (Å²) < 4.78 is 24.9. The van der Waals surface area contributed by atoms with Crippen molar-refractivity contribution in [3.8, 4) is 6.07 Å². The lowest BCUT2D eigenvalue weighted by Gasteiger charge is -2.11. The van der Waals surface area contributed by atoms with Gasteiger partial charge in [-0.3, -0.25) is 9.48 Å². The maximum absolute atomic E-state index is 11.6. The molecule has 1 atom stereocenters. The van der Waals surface area contributed by atoms with Gasteiger partial charge in [0.15, 0.2) is 9.84 Å². The first kappa shape index (κ1) is 16.2. The van der Waals surface area contributed by atoms with Gasteiger partial charge >= 0.3 is 0 Å². The van der Waals surface area contributed by atoms with E-state index in [4.69, 9.17) is 5.26 Å². The van der Waals surface area contributed by atoms with Crippen molar-refractivity contribution in [2.75, 3.05) is 18.6 Å². The van der Waals surface area contributed by atoms with E-state index in [1.54, 1.807) is 11.6 Å². The maximum Gasteiger partial charge on any atom is 0.261 e. The molecule has 1 fully saturated rings. The summed E-state index contributed by atoms with van der Waals surface area (Å²) >= 11 is 0. The van der Waals surface area contributed by atoms with E-state index in [1.165, 1.54) is 13.1 Å². The Bertz CT molecular complexity index is 784. The Morgan fingerprint density at radius 3 is 2.68 bits per heavy atom. The van der Waals surface area contributed by atoms with Crippen molar-refractivity contribution >= 4 is 21.8 Å². The van der Waals surface area contributed by atoms with Gasteiger partial charge in [-0.05, 0) is 26.3 Å². The second-order valence-corrected chi connectivity index (χ2v) is 7.56. The van der Waals surface area contributed by atoms with Gasteiger partial charge < -0.3 is 5.32 Å². The second-order valence-electron chi connectivity index (χ2n) is 5.33. The number of sulfone groups is 1. The third-order valence-electron chi connectivity index (χ3n) is 3.82. The zero-order valence-electron chi connectivity index (χ0n) is 12.8. The van der Waals surface area contributed by atoms with Gasteiger partial charge in [0.1, 0.15) is 11.6 Å². The van der Waals surface area contributed by atoms with Crippen LogP contribution in [0.2, 0.25) is 0 Å². The van der Waals surface area contributed by atoms with Crippen LogP contribution in [0.5, 0.6) is 0 Å². The Morgan fingerprint density at radius 1 is 1.50 bits per heavy atom. The number of hydrogen-bond acceptors (Lipinski definition) is 5. The number of nitrogens with zero attached hydrogens (tertiary/aromatic N) is 3. The number of hydrogen-bond donors (Lipinski definition) is 1. The molecule has 22 heavy (non-hydrogen) atoms. The summed E-state index contributed by atoms with van der Waals surface area (Å²) in [4.78, 5) is 11.6. The molecule has 1 saturated heterocycles. The molecular weight excluding hydrogens is 304 g/mol. The molecule has 0 aliphatic carbocycles. The predicted octanol–water partition coefficient (Wildman–Crippen LogP) is 0.513. The summed E-state index contributed by atoms with van der Waals surface area (Å²) in [5.74, 6) is -0.209. The van der Waals surface area contributed by atoms with Crippen molar-refractivity contribution in [2.45, 2.75) is 26.3 Å². The number of rotatable bonds is 3. The van der Waals surface area contributed by atoms with Crippen LogP contribution < -0.4 is 5.32 Å². The normalized spacial score (nSPS) is 20.6. The van der Waals surface area contributed by atoms with Gasteiger partial charge in [-0.25, -0.2) is 8.42 Å². The average molecular weight is 322 g/mol. The average Bonchev–Trinajstić information content (AvgIpc) is 2.96. The van der Waals surface area contributed by atoms with E-state index in [0.717, 1.165) is 5.69 Å². The Balaban J connectivity index is 2.42. The van der Waals surface area contributed by atoms with Crippen LogP contribution in [-0.4, -0.2) is 42.7 Å². The monoisotopic (exact) mass is 322 g/mol. The molecule has 0 bridgehead atoms. The second kappa shape index (κ2) is 5.93. The van der Waals surface area contributed by atoms with E-state index >= 15 is 0 Å². The highest BCUT2D eigenvalue weighted by Crippen LogP contribution is 2.27. The van der Waals surface area contributed by atoms with Gasteiger partial charge in [0.25, 0.3) is 5.91 Å². The van der Waals surface area contributed by atoms with Crippen LogP contribution in [-0.2, 0) is 14.6 Å². The molecule has 118 valence electrons. The minimum absolute atomic E-state index is 0.00714. The van der Waals surface area contributed by atoms with Crippen molar-refractivity contribution in [1.82, 2.24) is 15.1 Å². The fourth-order valence-corrected chi connectivity index (χ4v) is 4.33. The predicted molar refractivity (Wildman–Crippen MR) is 81.7 cm³/mol. The molecule has 2 rings (SSSR count). The molecular formula is C14H18N4O3S. The standard InChI is InChI=1S/C14H18N4O3S/c1-9-13(6-11(7-15)14(19)16-3)10(2)18(17-9)12-4-5-22(20,21)8-12/h6,12H,4-5,8H2,1-3H3,(H,16,19)/b11-6+/t12-/m0/s1. The first-order valence-electron chi connectivity index (χ1n) is 6.89. The lowest BCUT2D eigenvalue weighted by atomic mass is 10.1. The molecule has 0 radical (unpaired) electrons. The Labute approximate surface area is 129 Å². The number of amides is 1. The number of carbonyl (C=O) groups is 1. The van der Waals surface area contributed by atoms with Gasteiger partial charge in [-0.2, -0.15) is 10.4 Å². The molecule has 7 nitrogen and oxygen atoms in total. The third kappa shape index (κ3) is 3.04. The van der Waals surface area contributed by atoms with Crippen LogP contribution in [0.15, 0.2) is 5.57 Å². The van der Waals surface area contributed by atoms with Crippen LogP contribution >= 0.6 is 0 Å². The first-order valence-corrected chi connectivity index (χ1v) is 8.71. The topological polar surface area (TPSA) is 105 Å². The lowest BCUT2D eigenvalue weighted by molar-refractivity contribution is -0.116. The number of nitriles is 1. The summed E-state index contributed by atoms with van der Waals surface area (Å²) in [7, 11) is -1.54. The van der Waals surface area contributed by atoms with E-state index in [9.17, 15) is 13.2 Å². The highest BCUT2D eigenvalue weighted by Gasteiger charge is 2.31. The van der Waals surface area contributed by atoms with Crippen molar-refractivity contribution in [1.29, 1.82) is 5.26 Å². The summed E-state index contributed by atoms with van der Waals surface area (Å²) in [6.07, 6.45) is 2.03. The first-order chi connectivity index (χ1) is 10.3. The smallest absolute Gasteiger partial charge is 0.261 e. The van der Waals surface area contributed by atoms with E-state index in [-0.39, 0.29) is 23.1 Å². The van der Waals surface area contributed by atoms with Crippen molar-refractivity contribution in [3.63, 3.8) is 0 Å². The van der Waals surface area contributed by atoms with Crippen molar-refractivity contribution in [3.05, 3.63) is 22.5 Å². The fraction of sp³-hybridized carbons (Fsp3) is 0.500.